The predicted molar refractivity (Wildman–Crippen MR) is 132 cm³/mol. The Kier molecular flexibility index (Phi) is 5.02. The molecule has 0 saturated heterocycles. The third-order valence-corrected chi connectivity index (χ3v) is 13.5. The normalized spacial score (nSPS) is 59.2. The summed E-state index contributed by atoms with van der Waals surface area (Å²) in [4.78, 5) is 0. The first-order valence-electron chi connectivity index (χ1n) is 13.8. The molecule has 2 N–H and O–H groups in total. The standard InChI is InChI=1S/C30H50O2/c1-18-11-14-28(6)24(32)17-30(8)20(25(28)19(18)2)9-10-22-27(5)15-13-23(31)26(3,4)21(27)12-16-29(22,30)7/h9,18-19,21-25,31-32H,10-17H2,1-8H3/t18-,19+,21-,22+,23-,24+,25+,27-,28-,29-,30+/m1/s1. The van der Waals surface area contributed by atoms with Gasteiger partial charge in [0.15, 0.2) is 0 Å². The van der Waals surface area contributed by atoms with Crippen molar-refractivity contribution in [3.63, 3.8) is 0 Å². The Morgan fingerprint density at radius 2 is 1.44 bits per heavy atom. The summed E-state index contributed by atoms with van der Waals surface area (Å²) in [6.45, 7) is 19.7. The van der Waals surface area contributed by atoms with E-state index in [-0.39, 0.29) is 39.3 Å². The highest BCUT2D eigenvalue weighted by atomic mass is 16.3. The minimum absolute atomic E-state index is 0.00278. The molecule has 182 valence electrons. The molecule has 0 aromatic rings. The SMILES string of the molecule is C[C@H]1[C@H](C)CC[C@@]2(C)[C@@H]1C1=CC[C@H]3[C@]4(C)CC[C@@H](O)C(C)(C)[C@H]4CC[C@@]3(C)[C@@]1(C)C[C@@H]2O. The fraction of sp³-hybridized carbons (Fsp3) is 0.933. The molecule has 0 aromatic carbocycles. The third-order valence-electron chi connectivity index (χ3n) is 13.5. The fourth-order valence-electron chi connectivity index (χ4n) is 10.9. The lowest BCUT2D eigenvalue weighted by atomic mass is 9.33. The highest BCUT2D eigenvalue weighted by Gasteiger charge is 2.69. The van der Waals surface area contributed by atoms with Gasteiger partial charge in [-0.25, -0.2) is 0 Å². The van der Waals surface area contributed by atoms with Crippen LogP contribution in [-0.2, 0) is 0 Å². The maximum atomic E-state index is 11.7. The molecule has 0 amide bonds. The van der Waals surface area contributed by atoms with E-state index in [4.69, 9.17) is 0 Å². The average molecular weight is 443 g/mol. The molecule has 0 heterocycles. The van der Waals surface area contributed by atoms with E-state index in [9.17, 15) is 10.2 Å². The Balaban J connectivity index is 1.61. The molecule has 5 aliphatic rings. The lowest BCUT2D eigenvalue weighted by Gasteiger charge is -2.72. The van der Waals surface area contributed by atoms with Gasteiger partial charge in [0.25, 0.3) is 0 Å². The van der Waals surface area contributed by atoms with E-state index in [1.54, 1.807) is 5.57 Å². The number of rotatable bonds is 0. The minimum atomic E-state index is -0.199. The van der Waals surface area contributed by atoms with Gasteiger partial charge in [-0.1, -0.05) is 67.0 Å². The van der Waals surface area contributed by atoms with Gasteiger partial charge in [0.05, 0.1) is 12.2 Å². The van der Waals surface area contributed by atoms with E-state index in [2.05, 4.69) is 61.5 Å². The molecule has 2 nitrogen and oxygen atoms in total. The summed E-state index contributed by atoms with van der Waals surface area (Å²) in [6.07, 6.45) is 11.4. The molecular weight excluding hydrogens is 392 g/mol. The summed E-state index contributed by atoms with van der Waals surface area (Å²) in [5, 5.41) is 22.6. The Labute approximate surface area is 197 Å². The molecule has 5 rings (SSSR count). The lowest BCUT2D eigenvalue weighted by molar-refractivity contribution is -0.215. The second-order valence-corrected chi connectivity index (χ2v) is 14.7. The van der Waals surface area contributed by atoms with Crippen molar-refractivity contribution >= 4 is 0 Å². The largest absolute Gasteiger partial charge is 0.393 e. The van der Waals surface area contributed by atoms with Crippen LogP contribution in [0.2, 0.25) is 0 Å². The monoisotopic (exact) mass is 442 g/mol. The van der Waals surface area contributed by atoms with Gasteiger partial charge in [-0.2, -0.15) is 0 Å². The van der Waals surface area contributed by atoms with Crippen molar-refractivity contribution in [1.82, 2.24) is 0 Å². The number of hydrogen-bond donors (Lipinski definition) is 2. The summed E-state index contributed by atoms with van der Waals surface area (Å²) < 4.78 is 0. The van der Waals surface area contributed by atoms with E-state index in [0.29, 0.717) is 23.7 Å². The van der Waals surface area contributed by atoms with Crippen LogP contribution in [0.25, 0.3) is 0 Å². The van der Waals surface area contributed by atoms with Crippen LogP contribution in [0.5, 0.6) is 0 Å². The maximum absolute atomic E-state index is 11.7. The zero-order valence-electron chi connectivity index (χ0n) is 22.2. The van der Waals surface area contributed by atoms with E-state index >= 15 is 0 Å². The smallest absolute Gasteiger partial charge is 0.0608 e. The fourth-order valence-corrected chi connectivity index (χ4v) is 10.9. The summed E-state index contributed by atoms with van der Waals surface area (Å²) in [6, 6.07) is 0. The van der Waals surface area contributed by atoms with Crippen molar-refractivity contribution in [2.45, 2.75) is 119 Å². The molecule has 32 heavy (non-hydrogen) atoms. The van der Waals surface area contributed by atoms with Gasteiger partial charge in [-0.15, -0.1) is 0 Å². The number of fused-ring (bicyclic) bond motifs is 7. The van der Waals surface area contributed by atoms with Crippen molar-refractivity contribution in [2.75, 3.05) is 0 Å². The van der Waals surface area contributed by atoms with Crippen LogP contribution in [0, 0.1) is 56.7 Å². The molecule has 4 fully saturated rings. The summed E-state index contributed by atoms with van der Waals surface area (Å²) in [7, 11) is 0. The van der Waals surface area contributed by atoms with Gasteiger partial charge in [-0.3, -0.25) is 0 Å². The molecule has 0 unspecified atom stereocenters. The van der Waals surface area contributed by atoms with Crippen LogP contribution in [0.3, 0.4) is 0 Å². The van der Waals surface area contributed by atoms with Crippen LogP contribution in [-0.4, -0.2) is 22.4 Å². The van der Waals surface area contributed by atoms with Crippen LogP contribution in [0.4, 0.5) is 0 Å². The number of aliphatic hydroxyl groups is 2. The number of hydrogen-bond acceptors (Lipinski definition) is 2. The molecule has 5 aliphatic carbocycles. The molecule has 11 atom stereocenters. The Morgan fingerprint density at radius 1 is 0.781 bits per heavy atom. The molecule has 0 aromatic heterocycles. The Bertz CT molecular complexity index is 814. The van der Waals surface area contributed by atoms with Crippen LogP contribution in [0.15, 0.2) is 11.6 Å². The molecule has 0 aliphatic heterocycles. The van der Waals surface area contributed by atoms with E-state index in [1.165, 1.54) is 32.1 Å². The quantitative estimate of drug-likeness (QED) is 0.397. The summed E-state index contributed by atoms with van der Waals surface area (Å²) >= 11 is 0. The highest BCUT2D eigenvalue weighted by molar-refractivity contribution is 5.35. The van der Waals surface area contributed by atoms with E-state index < -0.39 is 0 Å². The van der Waals surface area contributed by atoms with Gasteiger partial charge in [0, 0.05) is 5.41 Å². The first-order chi connectivity index (χ1) is 14.7. The topological polar surface area (TPSA) is 40.5 Å². The van der Waals surface area contributed by atoms with Crippen molar-refractivity contribution in [3.05, 3.63) is 11.6 Å². The van der Waals surface area contributed by atoms with Crippen LogP contribution < -0.4 is 0 Å². The molecule has 4 saturated carbocycles. The van der Waals surface area contributed by atoms with Crippen molar-refractivity contribution in [1.29, 1.82) is 0 Å². The zero-order valence-corrected chi connectivity index (χ0v) is 22.2. The van der Waals surface area contributed by atoms with Crippen molar-refractivity contribution in [3.8, 4) is 0 Å². The van der Waals surface area contributed by atoms with Crippen molar-refractivity contribution in [2.24, 2.45) is 56.7 Å². The molecule has 0 bridgehead atoms. The average Bonchev–Trinajstić information content (AvgIpc) is 2.70. The van der Waals surface area contributed by atoms with Gasteiger partial charge in [0.2, 0.25) is 0 Å². The molecule has 0 spiro atoms. The predicted octanol–water partition coefficient (Wildman–Crippen LogP) is 7.00. The third kappa shape index (κ3) is 2.61. The molecule has 2 heteroatoms. The van der Waals surface area contributed by atoms with Crippen LogP contribution >= 0.6 is 0 Å². The van der Waals surface area contributed by atoms with Gasteiger partial charge < -0.3 is 10.2 Å². The number of allylic oxidation sites excluding steroid dienone is 2. The zero-order chi connectivity index (χ0) is 23.5. The summed E-state index contributed by atoms with van der Waals surface area (Å²) in [5.41, 5.74) is 2.34. The first-order valence-corrected chi connectivity index (χ1v) is 13.8. The second kappa shape index (κ2) is 6.87. The summed E-state index contributed by atoms with van der Waals surface area (Å²) in [5.74, 6) is 3.13. The minimum Gasteiger partial charge on any atom is -0.393 e. The van der Waals surface area contributed by atoms with Gasteiger partial charge in [0.1, 0.15) is 0 Å². The number of aliphatic hydroxyl groups excluding tert-OH is 2. The van der Waals surface area contributed by atoms with E-state index in [1.807, 2.05) is 0 Å². The highest BCUT2D eigenvalue weighted by Crippen LogP contribution is 2.75. The molecule has 0 radical (unpaired) electrons. The Morgan fingerprint density at radius 3 is 2.12 bits per heavy atom. The first kappa shape index (κ1) is 23.4. The maximum Gasteiger partial charge on any atom is 0.0608 e. The molecular formula is C30H50O2. The van der Waals surface area contributed by atoms with Crippen molar-refractivity contribution < 1.29 is 10.2 Å². The second-order valence-electron chi connectivity index (χ2n) is 14.7. The lowest BCUT2D eigenvalue weighted by Crippen LogP contribution is -2.66. The van der Waals surface area contributed by atoms with Gasteiger partial charge in [-0.05, 0) is 103 Å². The Hall–Kier alpha value is -0.340. The van der Waals surface area contributed by atoms with Gasteiger partial charge >= 0.3 is 0 Å². The van der Waals surface area contributed by atoms with Crippen LogP contribution in [0.1, 0.15) is 107 Å². The van der Waals surface area contributed by atoms with E-state index in [0.717, 1.165) is 25.2 Å².